The zero-order valence-electron chi connectivity index (χ0n) is 5.02. The summed E-state index contributed by atoms with van der Waals surface area (Å²) >= 11 is 2.01. The van der Waals surface area contributed by atoms with Gasteiger partial charge in [-0.25, -0.2) is 8.78 Å². The second-order valence-corrected chi connectivity index (χ2v) is 3.10. The van der Waals surface area contributed by atoms with Gasteiger partial charge < -0.3 is 0 Å². The topological polar surface area (TPSA) is 0 Å². The molecule has 0 saturated heterocycles. The molecule has 0 N–H and O–H groups in total. The summed E-state index contributed by atoms with van der Waals surface area (Å²) in [6, 6.07) is 6.31. The summed E-state index contributed by atoms with van der Waals surface area (Å²) in [5.41, 5.74) is 0.0897. The minimum atomic E-state index is -2.35. The molecule has 1 rings (SSSR count). The molecule has 0 atom stereocenters. The SMILES string of the molecule is FC(F)c1cccc(I)c1. The first kappa shape index (κ1) is 7.91. The van der Waals surface area contributed by atoms with Gasteiger partial charge >= 0.3 is 0 Å². The normalized spacial score (nSPS) is 10.4. The average molecular weight is 254 g/mol. The van der Waals surface area contributed by atoms with Crippen LogP contribution >= 0.6 is 22.6 Å². The fourth-order valence-corrected chi connectivity index (χ4v) is 1.21. The molecule has 0 bridgehead atoms. The van der Waals surface area contributed by atoms with E-state index in [-0.39, 0.29) is 5.56 Å². The van der Waals surface area contributed by atoms with Crippen molar-refractivity contribution in [3.63, 3.8) is 0 Å². The number of hydrogen-bond acceptors (Lipinski definition) is 0. The Morgan fingerprint density at radius 1 is 1.30 bits per heavy atom. The van der Waals surface area contributed by atoms with Crippen molar-refractivity contribution in [3.05, 3.63) is 33.4 Å². The highest BCUT2D eigenvalue weighted by molar-refractivity contribution is 14.1. The van der Waals surface area contributed by atoms with Gasteiger partial charge in [0.25, 0.3) is 6.43 Å². The van der Waals surface area contributed by atoms with Crippen LogP contribution in [0.15, 0.2) is 24.3 Å². The van der Waals surface area contributed by atoms with Crippen LogP contribution in [-0.4, -0.2) is 0 Å². The minimum absolute atomic E-state index is 0.0897. The molecule has 0 saturated carbocycles. The molecule has 0 nitrogen and oxygen atoms in total. The second-order valence-electron chi connectivity index (χ2n) is 1.86. The van der Waals surface area contributed by atoms with Crippen molar-refractivity contribution in [3.8, 4) is 0 Å². The van der Waals surface area contributed by atoms with Gasteiger partial charge in [0.2, 0.25) is 0 Å². The van der Waals surface area contributed by atoms with Crippen molar-refractivity contribution < 1.29 is 8.78 Å². The van der Waals surface area contributed by atoms with Crippen LogP contribution in [0.5, 0.6) is 0 Å². The molecule has 0 unspecified atom stereocenters. The minimum Gasteiger partial charge on any atom is -0.205 e. The summed E-state index contributed by atoms with van der Waals surface area (Å²) in [5, 5.41) is 0. The van der Waals surface area contributed by atoms with Crippen LogP contribution in [0.4, 0.5) is 8.78 Å². The highest BCUT2D eigenvalue weighted by Gasteiger charge is 2.04. The largest absolute Gasteiger partial charge is 0.263 e. The summed E-state index contributed by atoms with van der Waals surface area (Å²) in [5.74, 6) is 0. The summed E-state index contributed by atoms with van der Waals surface area (Å²) in [4.78, 5) is 0. The third kappa shape index (κ3) is 1.90. The van der Waals surface area contributed by atoms with E-state index in [1.807, 2.05) is 22.6 Å². The predicted molar refractivity (Wildman–Crippen MR) is 44.1 cm³/mol. The van der Waals surface area contributed by atoms with E-state index in [1.165, 1.54) is 12.1 Å². The van der Waals surface area contributed by atoms with Gasteiger partial charge in [0, 0.05) is 9.13 Å². The Morgan fingerprint density at radius 2 is 2.00 bits per heavy atom. The lowest BCUT2D eigenvalue weighted by molar-refractivity contribution is 0.151. The Morgan fingerprint density at radius 3 is 2.40 bits per heavy atom. The maximum absolute atomic E-state index is 11.9. The molecule has 0 radical (unpaired) electrons. The molecule has 0 fully saturated rings. The summed E-state index contributed by atoms with van der Waals surface area (Å²) < 4.78 is 24.7. The van der Waals surface area contributed by atoms with Crippen LogP contribution in [0.1, 0.15) is 12.0 Å². The van der Waals surface area contributed by atoms with Crippen LogP contribution in [0.25, 0.3) is 0 Å². The number of halogens is 3. The first-order valence-corrected chi connectivity index (χ1v) is 3.81. The first-order chi connectivity index (χ1) is 4.70. The van der Waals surface area contributed by atoms with E-state index in [1.54, 1.807) is 12.1 Å². The first-order valence-electron chi connectivity index (χ1n) is 2.74. The van der Waals surface area contributed by atoms with Crippen LogP contribution in [0, 0.1) is 3.57 Å². The van der Waals surface area contributed by atoms with E-state index in [9.17, 15) is 8.78 Å². The fourth-order valence-electron chi connectivity index (χ4n) is 0.642. The van der Waals surface area contributed by atoms with Crippen molar-refractivity contribution in [1.82, 2.24) is 0 Å². The van der Waals surface area contributed by atoms with E-state index >= 15 is 0 Å². The van der Waals surface area contributed by atoms with Gasteiger partial charge in [0.1, 0.15) is 0 Å². The predicted octanol–water partition coefficient (Wildman–Crippen LogP) is 3.23. The zero-order valence-corrected chi connectivity index (χ0v) is 7.18. The van der Waals surface area contributed by atoms with Gasteiger partial charge in [-0.3, -0.25) is 0 Å². The molecule has 54 valence electrons. The highest BCUT2D eigenvalue weighted by Crippen LogP contribution is 2.19. The Hall–Kier alpha value is -0.190. The molecular weight excluding hydrogens is 249 g/mol. The molecule has 0 aliphatic carbocycles. The smallest absolute Gasteiger partial charge is 0.205 e. The van der Waals surface area contributed by atoms with Gasteiger partial charge in [-0.05, 0) is 34.7 Å². The van der Waals surface area contributed by atoms with Gasteiger partial charge in [0.15, 0.2) is 0 Å². The molecule has 0 amide bonds. The number of benzene rings is 1. The molecule has 0 aliphatic rings. The van der Waals surface area contributed by atoms with Crippen LogP contribution in [0.3, 0.4) is 0 Å². The van der Waals surface area contributed by atoms with Crippen molar-refractivity contribution in [2.75, 3.05) is 0 Å². The monoisotopic (exact) mass is 254 g/mol. The van der Waals surface area contributed by atoms with Crippen LogP contribution in [0.2, 0.25) is 0 Å². The fraction of sp³-hybridized carbons (Fsp3) is 0.143. The van der Waals surface area contributed by atoms with Crippen molar-refractivity contribution in [2.24, 2.45) is 0 Å². The van der Waals surface area contributed by atoms with Gasteiger partial charge in [-0.1, -0.05) is 12.1 Å². The summed E-state index contributed by atoms with van der Waals surface area (Å²) in [6.45, 7) is 0. The molecular formula is C7H5F2I. The second kappa shape index (κ2) is 3.27. The quantitative estimate of drug-likeness (QED) is 0.675. The summed E-state index contributed by atoms with van der Waals surface area (Å²) in [7, 11) is 0. The maximum Gasteiger partial charge on any atom is 0.263 e. The van der Waals surface area contributed by atoms with Crippen molar-refractivity contribution >= 4 is 22.6 Å². The molecule has 3 heteroatoms. The number of alkyl halides is 2. The summed E-state index contributed by atoms with van der Waals surface area (Å²) in [6.07, 6.45) is -2.35. The lowest BCUT2D eigenvalue weighted by Crippen LogP contribution is -1.82. The van der Waals surface area contributed by atoms with E-state index in [2.05, 4.69) is 0 Å². The Kier molecular flexibility index (Phi) is 2.59. The Bertz CT molecular complexity index is 223. The number of rotatable bonds is 1. The molecule has 0 heterocycles. The van der Waals surface area contributed by atoms with Crippen LogP contribution < -0.4 is 0 Å². The van der Waals surface area contributed by atoms with Crippen molar-refractivity contribution in [1.29, 1.82) is 0 Å². The highest BCUT2D eigenvalue weighted by atomic mass is 127. The maximum atomic E-state index is 11.9. The molecule has 1 aromatic carbocycles. The molecule has 0 aromatic heterocycles. The van der Waals surface area contributed by atoms with Crippen LogP contribution in [-0.2, 0) is 0 Å². The number of hydrogen-bond donors (Lipinski definition) is 0. The lowest BCUT2D eigenvalue weighted by atomic mass is 10.2. The van der Waals surface area contributed by atoms with Gasteiger partial charge in [-0.2, -0.15) is 0 Å². The lowest BCUT2D eigenvalue weighted by Gasteiger charge is -1.97. The van der Waals surface area contributed by atoms with Crippen molar-refractivity contribution in [2.45, 2.75) is 6.43 Å². The standard InChI is InChI=1S/C7H5F2I/c8-7(9)5-2-1-3-6(10)4-5/h1-4,7H. The Labute approximate surface area is 71.4 Å². The molecule has 0 spiro atoms. The third-order valence-electron chi connectivity index (χ3n) is 1.10. The van der Waals surface area contributed by atoms with E-state index in [0.717, 1.165) is 3.57 Å². The molecule has 0 aliphatic heterocycles. The van der Waals surface area contributed by atoms with Gasteiger partial charge in [-0.15, -0.1) is 0 Å². The zero-order chi connectivity index (χ0) is 7.56. The molecule has 10 heavy (non-hydrogen) atoms. The average Bonchev–Trinajstić information content (AvgIpc) is 1.88. The van der Waals surface area contributed by atoms with E-state index < -0.39 is 6.43 Å². The molecule has 1 aromatic rings. The van der Waals surface area contributed by atoms with Gasteiger partial charge in [0.05, 0.1) is 0 Å². The Balaban J connectivity index is 2.96. The van der Waals surface area contributed by atoms with E-state index in [0.29, 0.717) is 0 Å². The van der Waals surface area contributed by atoms with E-state index in [4.69, 9.17) is 0 Å². The third-order valence-corrected chi connectivity index (χ3v) is 1.77.